The van der Waals surface area contributed by atoms with Crippen molar-refractivity contribution in [2.24, 2.45) is 11.7 Å². The van der Waals surface area contributed by atoms with Crippen LogP contribution in [0.5, 0.6) is 0 Å². The Balaban J connectivity index is 1.61. The summed E-state index contributed by atoms with van der Waals surface area (Å²) in [6.45, 7) is 3.32. The average molecular weight is 261 g/mol. The molecule has 0 aromatic carbocycles. The monoisotopic (exact) mass is 261 g/mol. The van der Waals surface area contributed by atoms with E-state index in [1.807, 2.05) is 21.9 Å². The Labute approximate surface area is 114 Å². The van der Waals surface area contributed by atoms with Crippen LogP contribution in [-0.4, -0.2) is 28.0 Å². The minimum absolute atomic E-state index is 0.155. The molecule has 1 aromatic rings. The van der Waals surface area contributed by atoms with Gasteiger partial charge in [-0.3, -0.25) is 4.79 Å². The first-order valence-corrected chi connectivity index (χ1v) is 7.39. The highest BCUT2D eigenvalue weighted by molar-refractivity contribution is 5.76. The van der Waals surface area contributed by atoms with E-state index in [0.29, 0.717) is 18.5 Å². The highest BCUT2D eigenvalue weighted by atomic mass is 16.2. The lowest BCUT2D eigenvalue weighted by atomic mass is 10.1. The Kier molecular flexibility index (Phi) is 3.35. The molecule has 2 saturated carbocycles. The van der Waals surface area contributed by atoms with Gasteiger partial charge in [-0.25, -0.2) is 0 Å². The minimum Gasteiger partial charge on any atom is -0.345 e. The minimum atomic E-state index is 0.155. The summed E-state index contributed by atoms with van der Waals surface area (Å²) in [5.74, 6) is 0.886. The number of hydrogen-bond donors (Lipinski definition) is 1. The topological polar surface area (TPSA) is 51.3 Å². The third kappa shape index (κ3) is 2.84. The van der Waals surface area contributed by atoms with Crippen LogP contribution in [0.25, 0.3) is 0 Å². The normalized spacial score (nSPS) is 20.3. The van der Waals surface area contributed by atoms with E-state index in [1.165, 1.54) is 31.2 Å². The molecular weight excluding hydrogens is 238 g/mol. The highest BCUT2D eigenvalue weighted by Crippen LogP contribution is 2.39. The largest absolute Gasteiger partial charge is 0.345 e. The van der Waals surface area contributed by atoms with E-state index in [1.54, 1.807) is 0 Å². The van der Waals surface area contributed by atoms with Crippen molar-refractivity contribution in [3.05, 3.63) is 24.0 Å². The molecule has 0 bridgehead atoms. The molecule has 0 spiro atoms. The predicted molar refractivity (Wildman–Crippen MR) is 74.5 cm³/mol. The number of likely N-dealkylation sites (N-methyl/N-ethyl adjacent to an activating group) is 1. The fraction of sp³-hybridized carbons (Fsp3) is 0.667. The zero-order valence-electron chi connectivity index (χ0n) is 11.6. The van der Waals surface area contributed by atoms with Gasteiger partial charge in [0, 0.05) is 31.0 Å². The zero-order valence-corrected chi connectivity index (χ0v) is 11.6. The second kappa shape index (κ2) is 5.00. The van der Waals surface area contributed by atoms with Crippen LogP contribution in [0.4, 0.5) is 0 Å². The van der Waals surface area contributed by atoms with Gasteiger partial charge in [0.2, 0.25) is 5.91 Å². The summed E-state index contributed by atoms with van der Waals surface area (Å²) in [4.78, 5) is 14.2. The van der Waals surface area contributed by atoms with Crippen molar-refractivity contribution < 1.29 is 4.79 Å². The van der Waals surface area contributed by atoms with Gasteiger partial charge in [-0.05, 0) is 50.2 Å². The van der Waals surface area contributed by atoms with Gasteiger partial charge in [0.15, 0.2) is 0 Å². The number of amides is 1. The maximum atomic E-state index is 12.2. The molecule has 1 amide bonds. The first-order chi connectivity index (χ1) is 9.19. The van der Waals surface area contributed by atoms with E-state index >= 15 is 0 Å². The molecule has 2 aliphatic carbocycles. The van der Waals surface area contributed by atoms with Crippen molar-refractivity contribution in [1.82, 2.24) is 9.47 Å². The third-order valence-electron chi connectivity index (χ3n) is 4.25. The smallest absolute Gasteiger partial charge is 0.242 e. The van der Waals surface area contributed by atoms with Gasteiger partial charge in [0.05, 0.1) is 0 Å². The molecule has 4 heteroatoms. The molecule has 1 heterocycles. The number of nitrogens with two attached hydrogens (primary N) is 1. The van der Waals surface area contributed by atoms with Crippen molar-refractivity contribution in [3.63, 3.8) is 0 Å². The van der Waals surface area contributed by atoms with Crippen LogP contribution in [0.2, 0.25) is 0 Å². The van der Waals surface area contributed by atoms with Gasteiger partial charge in [-0.1, -0.05) is 0 Å². The van der Waals surface area contributed by atoms with Gasteiger partial charge in [-0.2, -0.15) is 0 Å². The van der Waals surface area contributed by atoms with E-state index in [9.17, 15) is 4.79 Å². The summed E-state index contributed by atoms with van der Waals surface area (Å²) < 4.78 is 1.98. The fourth-order valence-corrected chi connectivity index (χ4v) is 2.75. The molecule has 1 unspecified atom stereocenters. The fourth-order valence-electron chi connectivity index (χ4n) is 2.75. The van der Waals surface area contributed by atoms with Gasteiger partial charge >= 0.3 is 0 Å². The summed E-state index contributed by atoms with van der Waals surface area (Å²) in [5.41, 5.74) is 7.35. The summed E-state index contributed by atoms with van der Waals surface area (Å²) in [6, 6.07) is 2.72. The molecule has 2 fully saturated rings. The van der Waals surface area contributed by atoms with Crippen LogP contribution >= 0.6 is 0 Å². The molecule has 104 valence electrons. The van der Waals surface area contributed by atoms with Crippen LogP contribution in [0, 0.1) is 5.92 Å². The number of hydrogen-bond acceptors (Lipinski definition) is 2. The third-order valence-corrected chi connectivity index (χ3v) is 4.25. The van der Waals surface area contributed by atoms with Crippen LogP contribution in [0.3, 0.4) is 0 Å². The molecular formula is C15H23N3O. The Morgan fingerprint density at radius 3 is 2.79 bits per heavy atom. The number of carbonyl (C=O) groups excluding carboxylic acids is 1. The molecule has 3 rings (SSSR count). The lowest BCUT2D eigenvalue weighted by Gasteiger charge is -2.20. The van der Waals surface area contributed by atoms with E-state index in [0.717, 1.165) is 6.54 Å². The predicted octanol–water partition coefficient (Wildman–Crippen LogP) is 1.91. The second-order valence-corrected chi connectivity index (χ2v) is 5.89. The molecule has 19 heavy (non-hydrogen) atoms. The van der Waals surface area contributed by atoms with Crippen molar-refractivity contribution in [3.8, 4) is 0 Å². The molecule has 0 saturated heterocycles. The molecule has 2 N–H and O–H groups in total. The Hall–Kier alpha value is -1.29. The van der Waals surface area contributed by atoms with Crippen molar-refractivity contribution in [2.75, 3.05) is 6.54 Å². The van der Waals surface area contributed by atoms with Crippen LogP contribution in [-0.2, 0) is 11.3 Å². The first-order valence-electron chi connectivity index (χ1n) is 7.39. The van der Waals surface area contributed by atoms with E-state index in [2.05, 4.69) is 13.0 Å². The lowest BCUT2D eigenvalue weighted by Crippen LogP contribution is -2.35. The molecule has 2 aliphatic rings. The number of aromatic nitrogens is 1. The zero-order chi connectivity index (χ0) is 13.4. The number of rotatable bonds is 6. The number of nitrogens with zero attached hydrogens (tertiary/aromatic N) is 2. The SMILES string of the molecule is CCN(C(=O)Cn1ccc(C(N)C2CC2)c1)C1CC1. The van der Waals surface area contributed by atoms with Crippen LogP contribution < -0.4 is 5.73 Å². The molecule has 0 radical (unpaired) electrons. The van der Waals surface area contributed by atoms with E-state index in [4.69, 9.17) is 5.73 Å². The van der Waals surface area contributed by atoms with Gasteiger partial charge < -0.3 is 15.2 Å². The van der Waals surface area contributed by atoms with E-state index < -0.39 is 0 Å². The van der Waals surface area contributed by atoms with Gasteiger partial charge in [0.1, 0.15) is 6.54 Å². The maximum Gasteiger partial charge on any atom is 0.242 e. The Morgan fingerprint density at radius 2 is 2.21 bits per heavy atom. The summed E-state index contributed by atoms with van der Waals surface area (Å²) in [6.07, 6.45) is 8.86. The van der Waals surface area contributed by atoms with Gasteiger partial charge in [0.25, 0.3) is 0 Å². The molecule has 4 nitrogen and oxygen atoms in total. The summed E-state index contributed by atoms with van der Waals surface area (Å²) in [5, 5.41) is 0. The van der Waals surface area contributed by atoms with Crippen LogP contribution in [0.1, 0.15) is 44.2 Å². The van der Waals surface area contributed by atoms with Crippen molar-refractivity contribution >= 4 is 5.91 Å². The molecule has 1 aromatic heterocycles. The average Bonchev–Trinajstić information content (AvgIpc) is 3.28. The maximum absolute atomic E-state index is 12.2. The summed E-state index contributed by atoms with van der Waals surface area (Å²) >= 11 is 0. The standard InChI is InChI=1S/C15H23N3O/c1-2-18(13-5-6-13)14(19)10-17-8-7-12(9-17)15(16)11-3-4-11/h7-9,11,13,15H,2-6,10,16H2,1H3. The first kappa shape index (κ1) is 12.7. The van der Waals surface area contributed by atoms with Crippen molar-refractivity contribution in [2.45, 2.75) is 51.2 Å². The van der Waals surface area contributed by atoms with Crippen LogP contribution in [0.15, 0.2) is 18.5 Å². The molecule has 1 atom stereocenters. The van der Waals surface area contributed by atoms with Crippen molar-refractivity contribution in [1.29, 1.82) is 0 Å². The second-order valence-electron chi connectivity index (χ2n) is 5.89. The lowest BCUT2D eigenvalue weighted by molar-refractivity contribution is -0.132. The number of carbonyl (C=O) groups is 1. The van der Waals surface area contributed by atoms with Gasteiger partial charge in [-0.15, -0.1) is 0 Å². The molecule has 0 aliphatic heterocycles. The quantitative estimate of drug-likeness (QED) is 0.850. The summed E-state index contributed by atoms with van der Waals surface area (Å²) in [7, 11) is 0. The Morgan fingerprint density at radius 1 is 1.47 bits per heavy atom. The van der Waals surface area contributed by atoms with E-state index in [-0.39, 0.29) is 11.9 Å². The highest BCUT2D eigenvalue weighted by Gasteiger charge is 2.32. The Bertz CT molecular complexity index is 460.